The zero-order valence-corrected chi connectivity index (χ0v) is 13.3. The fourth-order valence-corrected chi connectivity index (χ4v) is 2.56. The Bertz CT molecular complexity index is 433. The van der Waals surface area contributed by atoms with Crippen molar-refractivity contribution in [3.05, 3.63) is 33.9 Å². The average Bonchev–Trinajstić information content (AvgIpc) is 2.38. The fraction of sp³-hybridized carbons (Fsp3) is 0.588. The lowest BCUT2D eigenvalue weighted by Gasteiger charge is -2.19. The van der Waals surface area contributed by atoms with Crippen LogP contribution in [-0.4, -0.2) is 30.3 Å². The molecule has 0 N–H and O–H groups in total. The zero-order chi connectivity index (χ0) is 14.6. The van der Waals surface area contributed by atoms with Crippen LogP contribution in [0.25, 0.3) is 0 Å². The number of hydrogen-bond donors (Lipinski definition) is 0. The molecule has 0 saturated heterocycles. The van der Waals surface area contributed by atoms with Gasteiger partial charge in [0.15, 0.2) is 5.78 Å². The van der Waals surface area contributed by atoms with Gasteiger partial charge in [-0.05, 0) is 63.0 Å². The van der Waals surface area contributed by atoms with Gasteiger partial charge in [-0.2, -0.15) is 0 Å². The van der Waals surface area contributed by atoms with E-state index in [2.05, 4.69) is 52.5 Å². The molecule has 0 atom stereocenters. The quantitative estimate of drug-likeness (QED) is 0.725. The van der Waals surface area contributed by atoms with Crippen LogP contribution in [0.5, 0.6) is 0 Å². The monoisotopic (exact) mass is 261 g/mol. The molecule has 1 rings (SSSR count). The molecule has 0 radical (unpaired) electrons. The van der Waals surface area contributed by atoms with Gasteiger partial charge in [-0.3, -0.25) is 4.79 Å². The highest BCUT2D eigenvalue weighted by Crippen LogP contribution is 2.23. The molecule has 0 aliphatic heterocycles. The highest BCUT2D eigenvalue weighted by Gasteiger charge is 2.16. The maximum Gasteiger partial charge on any atom is 0.164 e. The van der Waals surface area contributed by atoms with E-state index < -0.39 is 0 Å². The molecule has 0 saturated carbocycles. The number of hydrogen-bond acceptors (Lipinski definition) is 2. The first-order valence-corrected chi connectivity index (χ1v) is 7.25. The smallest absolute Gasteiger partial charge is 0.164 e. The molecule has 0 spiro atoms. The second-order valence-electron chi connectivity index (χ2n) is 5.34. The van der Waals surface area contributed by atoms with Crippen LogP contribution in [0, 0.1) is 27.7 Å². The van der Waals surface area contributed by atoms with Crippen molar-refractivity contribution in [2.24, 2.45) is 0 Å². The molecule has 0 heterocycles. The Morgan fingerprint density at radius 2 is 1.47 bits per heavy atom. The van der Waals surface area contributed by atoms with Gasteiger partial charge < -0.3 is 4.90 Å². The number of carbonyl (C=O) groups excluding carboxylic acids is 1. The third-order valence-corrected chi connectivity index (χ3v) is 4.19. The maximum atomic E-state index is 12.5. The summed E-state index contributed by atoms with van der Waals surface area (Å²) < 4.78 is 0. The highest BCUT2D eigenvalue weighted by atomic mass is 16.1. The third-order valence-electron chi connectivity index (χ3n) is 4.19. The Labute approximate surface area is 117 Å². The van der Waals surface area contributed by atoms with Crippen molar-refractivity contribution < 1.29 is 4.79 Å². The van der Waals surface area contributed by atoms with Crippen molar-refractivity contribution >= 4 is 5.78 Å². The minimum Gasteiger partial charge on any atom is -0.303 e. The van der Waals surface area contributed by atoms with Gasteiger partial charge in [-0.1, -0.05) is 19.9 Å². The van der Waals surface area contributed by atoms with E-state index in [1.807, 2.05) is 0 Å². The molecular formula is C17H27NO. The van der Waals surface area contributed by atoms with Gasteiger partial charge in [0.1, 0.15) is 0 Å². The molecule has 2 heteroatoms. The summed E-state index contributed by atoms with van der Waals surface area (Å²) in [4.78, 5) is 14.8. The van der Waals surface area contributed by atoms with Crippen molar-refractivity contribution in [2.45, 2.75) is 48.0 Å². The van der Waals surface area contributed by atoms with Crippen molar-refractivity contribution in [1.29, 1.82) is 0 Å². The topological polar surface area (TPSA) is 20.3 Å². The van der Waals surface area contributed by atoms with E-state index in [9.17, 15) is 4.79 Å². The van der Waals surface area contributed by atoms with E-state index in [1.54, 1.807) is 0 Å². The average molecular weight is 261 g/mol. The first-order chi connectivity index (χ1) is 8.92. The summed E-state index contributed by atoms with van der Waals surface area (Å²) in [6.07, 6.45) is 0.617. The molecule has 19 heavy (non-hydrogen) atoms. The Balaban J connectivity index is 2.94. The Kier molecular flexibility index (Phi) is 5.74. The maximum absolute atomic E-state index is 12.5. The largest absolute Gasteiger partial charge is 0.303 e. The molecule has 2 nitrogen and oxygen atoms in total. The van der Waals surface area contributed by atoms with Crippen LogP contribution < -0.4 is 0 Å². The van der Waals surface area contributed by atoms with Gasteiger partial charge in [0, 0.05) is 18.5 Å². The van der Waals surface area contributed by atoms with Crippen LogP contribution in [0.15, 0.2) is 6.07 Å². The molecule has 0 bridgehead atoms. The van der Waals surface area contributed by atoms with E-state index in [-0.39, 0.29) is 5.78 Å². The summed E-state index contributed by atoms with van der Waals surface area (Å²) in [5.41, 5.74) is 5.67. The standard InChI is InChI=1S/C17H27NO/c1-7-18(8-2)10-9-16(19)17-14(5)12(3)11-13(4)15(17)6/h11H,7-10H2,1-6H3. The van der Waals surface area contributed by atoms with Gasteiger partial charge in [0.25, 0.3) is 0 Å². The van der Waals surface area contributed by atoms with Crippen molar-refractivity contribution in [1.82, 2.24) is 4.90 Å². The molecule has 0 aliphatic carbocycles. The number of benzene rings is 1. The first kappa shape index (κ1) is 15.9. The van der Waals surface area contributed by atoms with Crippen LogP contribution in [0.3, 0.4) is 0 Å². The summed E-state index contributed by atoms with van der Waals surface area (Å²) in [7, 11) is 0. The summed E-state index contributed by atoms with van der Waals surface area (Å²) in [6.45, 7) is 15.5. The lowest BCUT2D eigenvalue weighted by molar-refractivity contribution is 0.0965. The van der Waals surface area contributed by atoms with Crippen LogP contribution >= 0.6 is 0 Å². The molecule has 0 fully saturated rings. The molecule has 0 aliphatic rings. The van der Waals surface area contributed by atoms with Gasteiger partial charge in [-0.25, -0.2) is 0 Å². The lowest BCUT2D eigenvalue weighted by Crippen LogP contribution is -2.26. The Hall–Kier alpha value is -1.15. The normalized spacial score (nSPS) is 11.1. The van der Waals surface area contributed by atoms with E-state index in [4.69, 9.17) is 0 Å². The summed E-state index contributed by atoms with van der Waals surface area (Å²) >= 11 is 0. The first-order valence-electron chi connectivity index (χ1n) is 7.25. The zero-order valence-electron chi connectivity index (χ0n) is 13.3. The van der Waals surface area contributed by atoms with Crippen LogP contribution in [0.1, 0.15) is 52.9 Å². The van der Waals surface area contributed by atoms with Gasteiger partial charge >= 0.3 is 0 Å². The number of carbonyl (C=O) groups is 1. The predicted molar refractivity (Wildman–Crippen MR) is 82.1 cm³/mol. The van der Waals surface area contributed by atoms with Crippen LogP contribution in [-0.2, 0) is 0 Å². The number of nitrogens with zero attached hydrogens (tertiary/aromatic N) is 1. The lowest BCUT2D eigenvalue weighted by atomic mass is 9.91. The minimum atomic E-state index is 0.286. The van der Waals surface area contributed by atoms with E-state index in [0.717, 1.165) is 36.3 Å². The summed E-state index contributed by atoms with van der Waals surface area (Å²) in [6, 6.07) is 2.17. The SMILES string of the molecule is CCN(CC)CCC(=O)c1c(C)c(C)cc(C)c1C. The van der Waals surface area contributed by atoms with Crippen molar-refractivity contribution in [2.75, 3.05) is 19.6 Å². The minimum absolute atomic E-state index is 0.286. The van der Waals surface area contributed by atoms with Gasteiger partial charge in [-0.15, -0.1) is 0 Å². The Morgan fingerprint density at radius 1 is 1.00 bits per heavy atom. The molecule has 0 aromatic heterocycles. The van der Waals surface area contributed by atoms with E-state index in [0.29, 0.717) is 6.42 Å². The molecule has 106 valence electrons. The third kappa shape index (κ3) is 3.66. The van der Waals surface area contributed by atoms with Gasteiger partial charge in [0.05, 0.1) is 0 Å². The second-order valence-corrected chi connectivity index (χ2v) is 5.34. The second kappa shape index (κ2) is 6.85. The number of Topliss-reactive ketones (excluding diaryl/α,β-unsaturated/α-hetero) is 1. The number of aryl methyl sites for hydroxylation is 2. The fourth-order valence-electron chi connectivity index (χ4n) is 2.56. The van der Waals surface area contributed by atoms with Crippen LogP contribution in [0.4, 0.5) is 0 Å². The van der Waals surface area contributed by atoms with Crippen molar-refractivity contribution in [3.8, 4) is 0 Å². The summed E-state index contributed by atoms with van der Waals surface area (Å²) in [5, 5.41) is 0. The predicted octanol–water partition coefficient (Wildman–Crippen LogP) is 3.83. The highest BCUT2D eigenvalue weighted by molar-refractivity contribution is 5.99. The molecule has 0 amide bonds. The van der Waals surface area contributed by atoms with E-state index in [1.165, 1.54) is 11.1 Å². The number of rotatable bonds is 6. The molecule has 1 aromatic carbocycles. The van der Waals surface area contributed by atoms with Crippen molar-refractivity contribution in [3.63, 3.8) is 0 Å². The summed E-state index contributed by atoms with van der Waals surface area (Å²) in [5.74, 6) is 0.286. The Morgan fingerprint density at radius 3 is 1.89 bits per heavy atom. The molecular weight excluding hydrogens is 234 g/mol. The van der Waals surface area contributed by atoms with Gasteiger partial charge in [0.2, 0.25) is 0 Å². The van der Waals surface area contributed by atoms with Crippen LogP contribution in [0.2, 0.25) is 0 Å². The molecule has 1 aromatic rings. The molecule has 0 unspecified atom stereocenters. The number of ketones is 1. The van der Waals surface area contributed by atoms with E-state index >= 15 is 0 Å².